The van der Waals surface area contributed by atoms with Crippen LogP contribution < -0.4 is 0 Å². The average Bonchev–Trinajstić information content (AvgIpc) is 2.74. The third-order valence-corrected chi connectivity index (χ3v) is 6.67. The van der Waals surface area contributed by atoms with Gasteiger partial charge in [-0.05, 0) is 65.9 Å². The molecule has 0 amide bonds. The van der Waals surface area contributed by atoms with Crippen molar-refractivity contribution in [3.05, 3.63) is 108 Å². The Kier molecular flexibility index (Phi) is 5.41. The number of aromatic nitrogens is 1. The van der Waals surface area contributed by atoms with E-state index in [1.807, 2.05) is 36.4 Å². The second-order valence-corrected chi connectivity index (χ2v) is 9.12. The van der Waals surface area contributed by atoms with Gasteiger partial charge in [0, 0.05) is 11.6 Å². The van der Waals surface area contributed by atoms with Crippen LogP contribution >= 0.6 is 0 Å². The Morgan fingerprint density at radius 3 is 2.45 bits per heavy atom. The van der Waals surface area contributed by atoms with Gasteiger partial charge in [-0.1, -0.05) is 42.5 Å². The fourth-order valence-corrected chi connectivity index (χ4v) is 4.76. The summed E-state index contributed by atoms with van der Waals surface area (Å²) in [6, 6.07) is 22.9. The van der Waals surface area contributed by atoms with Crippen molar-refractivity contribution in [3.8, 4) is 0 Å². The first-order valence-corrected chi connectivity index (χ1v) is 11.1. The molecule has 4 rings (SSSR count). The molecule has 0 aliphatic rings. The molecular formula is C24H20FNO2S. The molecule has 0 bridgehead atoms. The smallest absolute Gasteiger partial charge is 0.178 e. The third-order valence-electron chi connectivity index (χ3n) is 4.96. The first-order chi connectivity index (χ1) is 14.0. The van der Waals surface area contributed by atoms with Crippen molar-refractivity contribution in [1.29, 1.82) is 0 Å². The number of nitrogens with zero attached hydrogens (tertiary/aromatic N) is 1. The van der Waals surface area contributed by atoms with Gasteiger partial charge in [-0.2, -0.15) is 0 Å². The lowest BCUT2D eigenvalue weighted by molar-refractivity contribution is 0.595. The van der Waals surface area contributed by atoms with E-state index >= 15 is 0 Å². The van der Waals surface area contributed by atoms with Gasteiger partial charge in [-0.25, -0.2) is 12.8 Å². The normalized spacial score (nSPS) is 11.6. The molecule has 5 heteroatoms. The van der Waals surface area contributed by atoms with E-state index in [0.29, 0.717) is 17.7 Å². The van der Waals surface area contributed by atoms with Crippen molar-refractivity contribution in [1.82, 2.24) is 4.98 Å². The van der Waals surface area contributed by atoms with Crippen molar-refractivity contribution in [3.63, 3.8) is 0 Å². The van der Waals surface area contributed by atoms with Crippen LogP contribution in [0.1, 0.15) is 16.7 Å². The number of hydrogen-bond donors (Lipinski definition) is 0. The molecule has 1 aromatic heterocycles. The number of hydrogen-bond acceptors (Lipinski definition) is 3. The highest BCUT2D eigenvalue weighted by atomic mass is 32.2. The largest absolute Gasteiger partial charge is 0.256 e. The van der Waals surface area contributed by atoms with E-state index in [-0.39, 0.29) is 11.6 Å². The SMILES string of the molecule is O=S(=O)(CCc1ccnc2ccccc12)c1cccc(Cc2ccc(F)cc2)c1. The number of fused-ring (bicyclic) bond motifs is 1. The maximum Gasteiger partial charge on any atom is 0.178 e. The molecule has 0 spiro atoms. The Hall–Kier alpha value is -3.05. The molecule has 4 aromatic rings. The quantitative estimate of drug-likeness (QED) is 0.454. The fraction of sp³-hybridized carbons (Fsp3) is 0.125. The minimum Gasteiger partial charge on any atom is -0.256 e. The molecular weight excluding hydrogens is 385 g/mol. The zero-order valence-corrected chi connectivity index (χ0v) is 16.6. The Labute approximate surface area is 169 Å². The van der Waals surface area contributed by atoms with Crippen LogP contribution in [0.15, 0.2) is 90.0 Å². The Bertz CT molecular complexity index is 1250. The molecule has 0 fully saturated rings. The predicted octanol–water partition coefficient (Wildman–Crippen LogP) is 4.98. The van der Waals surface area contributed by atoms with E-state index < -0.39 is 9.84 Å². The molecule has 0 aliphatic heterocycles. The molecule has 0 saturated heterocycles. The van der Waals surface area contributed by atoms with Crippen LogP contribution in [0.25, 0.3) is 10.9 Å². The van der Waals surface area contributed by atoms with Gasteiger partial charge in [0.1, 0.15) is 5.82 Å². The molecule has 3 aromatic carbocycles. The third kappa shape index (κ3) is 4.51. The number of benzene rings is 3. The number of para-hydroxylation sites is 1. The molecule has 0 radical (unpaired) electrons. The summed E-state index contributed by atoms with van der Waals surface area (Å²) in [7, 11) is -3.43. The standard InChI is InChI=1S/C24H20FNO2S/c25-21-10-8-18(9-11-21)16-19-4-3-5-22(17-19)29(27,28)15-13-20-12-14-26-24-7-2-1-6-23(20)24/h1-12,14,17H,13,15-16H2. The number of rotatable bonds is 6. The highest BCUT2D eigenvalue weighted by Crippen LogP contribution is 2.20. The fourth-order valence-electron chi connectivity index (χ4n) is 3.42. The predicted molar refractivity (Wildman–Crippen MR) is 113 cm³/mol. The molecule has 0 unspecified atom stereocenters. The van der Waals surface area contributed by atoms with Gasteiger partial charge >= 0.3 is 0 Å². The molecule has 0 atom stereocenters. The lowest BCUT2D eigenvalue weighted by Crippen LogP contribution is -2.10. The number of sulfone groups is 1. The van der Waals surface area contributed by atoms with E-state index in [2.05, 4.69) is 4.98 Å². The summed E-state index contributed by atoms with van der Waals surface area (Å²) >= 11 is 0. The highest BCUT2D eigenvalue weighted by molar-refractivity contribution is 7.91. The summed E-state index contributed by atoms with van der Waals surface area (Å²) in [5, 5.41) is 0.982. The average molecular weight is 405 g/mol. The van der Waals surface area contributed by atoms with E-state index in [1.165, 1.54) is 12.1 Å². The van der Waals surface area contributed by atoms with Crippen LogP contribution in [0.5, 0.6) is 0 Å². The minimum atomic E-state index is -3.43. The van der Waals surface area contributed by atoms with E-state index in [9.17, 15) is 12.8 Å². The zero-order valence-electron chi connectivity index (χ0n) is 15.8. The maximum atomic E-state index is 13.1. The summed E-state index contributed by atoms with van der Waals surface area (Å²) in [5.41, 5.74) is 3.65. The minimum absolute atomic E-state index is 0.0288. The molecule has 0 aliphatic carbocycles. The molecule has 0 saturated carbocycles. The Balaban J connectivity index is 1.53. The van der Waals surface area contributed by atoms with Gasteiger partial charge < -0.3 is 0 Å². The lowest BCUT2D eigenvalue weighted by atomic mass is 10.1. The number of pyridine rings is 1. The van der Waals surface area contributed by atoms with Crippen LogP contribution in [-0.4, -0.2) is 19.2 Å². The van der Waals surface area contributed by atoms with Gasteiger partial charge in [0.15, 0.2) is 9.84 Å². The summed E-state index contributed by atoms with van der Waals surface area (Å²) in [5.74, 6) is -0.255. The topological polar surface area (TPSA) is 47.0 Å². The van der Waals surface area contributed by atoms with Gasteiger partial charge in [0.05, 0.1) is 16.2 Å². The maximum absolute atomic E-state index is 13.1. The van der Waals surface area contributed by atoms with Crippen LogP contribution in [-0.2, 0) is 22.7 Å². The van der Waals surface area contributed by atoms with Crippen molar-refractivity contribution in [2.75, 3.05) is 5.75 Å². The van der Waals surface area contributed by atoms with Gasteiger partial charge in [-0.3, -0.25) is 4.98 Å². The van der Waals surface area contributed by atoms with Crippen molar-refractivity contribution < 1.29 is 12.8 Å². The van der Waals surface area contributed by atoms with Gasteiger partial charge in [-0.15, -0.1) is 0 Å². The summed E-state index contributed by atoms with van der Waals surface area (Å²) in [6.45, 7) is 0. The molecule has 146 valence electrons. The van der Waals surface area contributed by atoms with Crippen LogP contribution in [0, 0.1) is 5.82 Å². The lowest BCUT2D eigenvalue weighted by Gasteiger charge is -2.09. The molecule has 3 nitrogen and oxygen atoms in total. The number of aryl methyl sites for hydroxylation is 1. The monoisotopic (exact) mass is 405 g/mol. The van der Waals surface area contributed by atoms with Crippen LogP contribution in [0.3, 0.4) is 0 Å². The van der Waals surface area contributed by atoms with Crippen LogP contribution in [0.2, 0.25) is 0 Å². The molecule has 0 N–H and O–H groups in total. The van der Waals surface area contributed by atoms with E-state index in [4.69, 9.17) is 0 Å². The van der Waals surface area contributed by atoms with Crippen molar-refractivity contribution in [2.45, 2.75) is 17.7 Å². The zero-order chi connectivity index (χ0) is 20.3. The summed E-state index contributed by atoms with van der Waals surface area (Å²) < 4.78 is 38.9. The second kappa shape index (κ2) is 8.13. The van der Waals surface area contributed by atoms with Crippen molar-refractivity contribution in [2.24, 2.45) is 0 Å². The second-order valence-electron chi connectivity index (χ2n) is 7.01. The molecule has 1 heterocycles. The van der Waals surface area contributed by atoms with Crippen molar-refractivity contribution >= 4 is 20.7 Å². The van der Waals surface area contributed by atoms with Crippen LogP contribution in [0.4, 0.5) is 4.39 Å². The Morgan fingerprint density at radius 2 is 1.62 bits per heavy atom. The Morgan fingerprint density at radius 1 is 0.828 bits per heavy atom. The van der Waals surface area contributed by atoms with E-state index in [0.717, 1.165) is 27.6 Å². The summed E-state index contributed by atoms with van der Waals surface area (Å²) in [4.78, 5) is 4.64. The first kappa shape index (κ1) is 19.3. The summed E-state index contributed by atoms with van der Waals surface area (Å²) in [6.07, 6.45) is 2.69. The van der Waals surface area contributed by atoms with Gasteiger partial charge in [0.25, 0.3) is 0 Å². The van der Waals surface area contributed by atoms with Gasteiger partial charge in [0.2, 0.25) is 0 Å². The number of halogens is 1. The first-order valence-electron chi connectivity index (χ1n) is 9.40. The molecule has 29 heavy (non-hydrogen) atoms. The van der Waals surface area contributed by atoms with E-state index in [1.54, 1.807) is 36.5 Å². The highest BCUT2D eigenvalue weighted by Gasteiger charge is 2.16.